The smallest absolute Gasteiger partial charge is 0.222 e. The van der Waals surface area contributed by atoms with E-state index in [0.29, 0.717) is 17.9 Å². The minimum atomic E-state index is -0.747. The number of methoxy groups -OCH3 is 2. The van der Waals surface area contributed by atoms with E-state index in [4.69, 9.17) is 14.2 Å². The van der Waals surface area contributed by atoms with Crippen LogP contribution in [0.4, 0.5) is 0 Å². The highest BCUT2D eigenvalue weighted by molar-refractivity contribution is 5.78. The van der Waals surface area contributed by atoms with Gasteiger partial charge in [-0.2, -0.15) is 0 Å². The number of amides is 1. The molecule has 1 amide bonds. The lowest BCUT2D eigenvalue weighted by molar-refractivity contribution is -0.130. The molecule has 0 spiro atoms. The fourth-order valence-electron chi connectivity index (χ4n) is 3.75. The zero-order valence-electron chi connectivity index (χ0n) is 18.3. The molecule has 7 heteroatoms. The van der Waals surface area contributed by atoms with Crippen LogP contribution in [0.15, 0.2) is 48.5 Å². The SMILES string of the molecule is COc1ccc(CNCCC2CCC(=O)N2CC(O)COc2cccc(OC)c2)cc1. The van der Waals surface area contributed by atoms with Gasteiger partial charge < -0.3 is 29.5 Å². The Labute approximate surface area is 183 Å². The molecule has 0 aliphatic carbocycles. The number of hydrogen-bond acceptors (Lipinski definition) is 6. The van der Waals surface area contributed by atoms with E-state index in [0.717, 1.165) is 31.7 Å². The number of aliphatic hydroxyl groups is 1. The molecule has 31 heavy (non-hydrogen) atoms. The molecule has 0 bridgehead atoms. The molecule has 0 saturated carbocycles. The third-order valence-electron chi connectivity index (χ3n) is 5.49. The maximum absolute atomic E-state index is 12.3. The van der Waals surface area contributed by atoms with Crippen LogP contribution < -0.4 is 19.5 Å². The predicted octanol–water partition coefficient (Wildman–Crippen LogP) is 2.61. The zero-order valence-corrected chi connectivity index (χ0v) is 18.3. The Morgan fingerprint density at radius 3 is 2.58 bits per heavy atom. The van der Waals surface area contributed by atoms with Crippen molar-refractivity contribution in [2.75, 3.05) is 33.9 Å². The molecule has 7 nitrogen and oxygen atoms in total. The van der Waals surface area contributed by atoms with Crippen LogP contribution in [-0.4, -0.2) is 62.0 Å². The molecule has 1 heterocycles. The van der Waals surface area contributed by atoms with Crippen molar-refractivity contribution in [3.63, 3.8) is 0 Å². The highest BCUT2D eigenvalue weighted by Gasteiger charge is 2.31. The Balaban J connectivity index is 1.41. The number of carbonyl (C=O) groups excluding carboxylic acids is 1. The van der Waals surface area contributed by atoms with Crippen molar-refractivity contribution in [3.8, 4) is 17.2 Å². The lowest BCUT2D eigenvalue weighted by Gasteiger charge is -2.27. The summed E-state index contributed by atoms with van der Waals surface area (Å²) in [5.74, 6) is 2.27. The summed E-state index contributed by atoms with van der Waals surface area (Å²) in [5.41, 5.74) is 1.19. The second-order valence-corrected chi connectivity index (χ2v) is 7.70. The number of likely N-dealkylation sites (tertiary alicyclic amines) is 1. The molecule has 2 unspecified atom stereocenters. The van der Waals surface area contributed by atoms with Crippen LogP contribution in [0.25, 0.3) is 0 Å². The van der Waals surface area contributed by atoms with Crippen molar-refractivity contribution in [1.29, 1.82) is 0 Å². The summed E-state index contributed by atoms with van der Waals surface area (Å²) in [6, 6.07) is 15.4. The zero-order chi connectivity index (χ0) is 22.1. The maximum atomic E-state index is 12.3. The molecule has 2 aromatic rings. The van der Waals surface area contributed by atoms with Crippen LogP contribution in [0.1, 0.15) is 24.8 Å². The third-order valence-corrected chi connectivity index (χ3v) is 5.49. The van der Waals surface area contributed by atoms with Crippen LogP contribution >= 0.6 is 0 Å². The minimum absolute atomic E-state index is 0.0978. The highest BCUT2D eigenvalue weighted by Crippen LogP contribution is 2.22. The van der Waals surface area contributed by atoms with Crippen molar-refractivity contribution in [2.24, 2.45) is 0 Å². The van der Waals surface area contributed by atoms with Crippen molar-refractivity contribution in [3.05, 3.63) is 54.1 Å². The van der Waals surface area contributed by atoms with Gasteiger partial charge in [-0.25, -0.2) is 0 Å². The normalized spacial score (nSPS) is 16.9. The number of β-amino-alcohol motifs (C(OH)–C–C–N with tert-alkyl or cyclic N) is 1. The minimum Gasteiger partial charge on any atom is -0.497 e. The number of aliphatic hydroxyl groups excluding tert-OH is 1. The quantitative estimate of drug-likeness (QED) is 0.506. The van der Waals surface area contributed by atoms with Gasteiger partial charge in [-0.3, -0.25) is 4.79 Å². The second kappa shape index (κ2) is 11.6. The van der Waals surface area contributed by atoms with E-state index in [1.807, 2.05) is 42.5 Å². The first-order chi connectivity index (χ1) is 15.1. The summed E-state index contributed by atoms with van der Waals surface area (Å²) in [6.45, 7) is 1.98. The van der Waals surface area contributed by atoms with Crippen molar-refractivity contribution >= 4 is 5.91 Å². The van der Waals surface area contributed by atoms with E-state index in [1.165, 1.54) is 5.56 Å². The molecule has 2 N–H and O–H groups in total. The second-order valence-electron chi connectivity index (χ2n) is 7.70. The lowest BCUT2D eigenvalue weighted by Crippen LogP contribution is -2.42. The van der Waals surface area contributed by atoms with Gasteiger partial charge in [-0.1, -0.05) is 18.2 Å². The van der Waals surface area contributed by atoms with Gasteiger partial charge in [0.1, 0.15) is 30.0 Å². The first-order valence-corrected chi connectivity index (χ1v) is 10.7. The largest absolute Gasteiger partial charge is 0.497 e. The molecule has 0 aromatic heterocycles. The van der Waals surface area contributed by atoms with E-state index in [2.05, 4.69) is 5.32 Å². The first-order valence-electron chi connectivity index (χ1n) is 10.7. The summed E-state index contributed by atoms with van der Waals surface area (Å²) >= 11 is 0. The molecule has 3 rings (SSSR count). The number of carbonyl (C=O) groups is 1. The Morgan fingerprint density at radius 2 is 1.84 bits per heavy atom. The maximum Gasteiger partial charge on any atom is 0.222 e. The number of nitrogens with zero attached hydrogens (tertiary/aromatic N) is 1. The van der Waals surface area contributed by atoms with Gasteiger partial charge in [0.25, 0.3) is 0 Å². The third kappa shape index (κ3) is 6.87. The van der Waals surface area contributed by atoms with E-state index < -0.39 is 6.10 Å². The average molecular weight is 429 g/mol. The fraction of sp³-hybridized carbons (Fsp3) is 0.458. The summed E-state index contributed by atoms with van der Waals surface area (Å²) < 4.78 is 16.0. The molecule has 1 aliphatic heterocycles. The van der Waals surface area contributed by atoms with Gasteiger partial charge in [0.2, 0.25) is 5.91 Å². The highest BCUT2D eigenvalue weighted by atomic mass is 16.5. The van der Waals surface area contributed by atoms with Gasteiger partial charge in [-0.05, 0) is 49.2 Å². The van der Waals surface area contributed by atoms with E-state index in [1.54, 1.807) is 25.2 Å². The van der Waals surface area contributed by atoms with Crippen LogP contribution in [-0.2, 0) is 11.3 Å². The van der Waals surface area contributed by atoms with Gasteiger partial charge in [0.15, 0.2) is 0 Å². The Hall–Kier alpha value is -2.77. The fourth-order valence-corrected chi connectivity index (χ4v) is 3.75. The summed E-state index contributed by atoms with van der Waals surface area (Å²) in [6.07, 6.45) is 1.47. The Morgan fingerprint density at radius 1 is 1.10 bits per heavy atom. The number of nitrogens with one attached hydrogen (secondary N) is 1. The number of ether oxygens (including phenoxy) is 3. The van der Waals surface area contributed by atoms with Gasteiger partial charge in [-0.15, -0.1) is 0 Å². The number of rotatable bonds is 12. The topological polar surface area (TPSA) is 80.3 Å². The first kappa shape index (κ1) is 22.9. The molecule has 1 aliphatic rings. The summed E-state index contributed by atoms with van der Waals surface area (Å²) in [7, 11) is 3.25. The van der Waals surface area contributed by atoms with Crippen LogP contribution in [0.3, 0.4) is 0 Å². The van der Waals surface area contributed by atoms with Gasteiger partial charge in [0, 0.05) is 25.1 Å². The van der Waals surface area contributed by atoms with Crippen LogP contribution in [0, 0.1) is 0 Å². The standard InChI is InChI=1S/C24H32N2O5/c1-29-21-9-6-18(7-10-21)15-25-13-12-19-8-11-24(28)26(19)16-20(27)17-31-23-5-3-4-22(14-23)30-2/h3-7,9-10,14,19-20,25,27H,8,11-13,15-17H2,1-2H3. The van der Waals surface area contributed by atoms with Crippen molar-refractivity contribution in [2.45, 2.75) is 38.0 Å². The predicted molar refractivity (Wildman–Crippen MR) is 119 cm³/mol. The monoisotopic (exact) mass is 428 g/mol. The number of benzene rings is 2. The molecule has 2 aromatic carbocycles. The lowest BCUT2D eigenvalue weighted by atomic mass is 10.1. The van der Waals surface area contributed by atoms with Gasteiger partial charge in [0.05, 0.1) is 20.8 Å². The summed E-state index contributed by atoms with van der Waals surface area (Å²) in [4.78, 5) is 14.1. The molecule has 1 fully saturated rings. The van der Waals surface area contributed by atoms with E-state index in [-0.39, 0.29) is 25.1 Å². The molecule has 2 atom stereocenters. The van der Waals surface area contributed by atoms with Crippen LogP contribution in [0.2, 0.25) is 0 Å². The molecule has 0 radical (unpaired) electrons. The van der Waals surface area contributed by atoms with E-state index in [9.17, 15) is 9.90 Å². The Kier molecular flexibility index (Phi) is 8.55. The number of hydrogen-bond donors (Lipinski definition) is 2. The molecule has 168 valence electrons. The van der Waals surface area contributed by atoms with Crippen molar-refractivity contribution in [1.82, 2.24) is 10.2 Å². The van der Waals surface area contributed by atoms with Crippen molar-refractivity contribution < 1.29 is 24.1 Å². The van der Waals surface area contributed by atoms with Gasteiger partial charge >= 0.3 is 0 Å². The summed E-state index contributed by atoms with van der Waals surface area (Å²) in [5, 5.41) is 13.9. The average Bonchev–Trinajstić information content (AvgIpc) is 3.15. The Bertz CT molecular complexity index is 827. The molecular formula is C24H32N2O5. The van der Waals surface area contributed by atoms with E-state index >= 15 is 0 Å². The molecule has 1 saturated heterocycles. The molecular weight excluding hydrogens is 396 g/mol. The van der Waals surface area contributed by atoms with Crippen LogP contribution in [0.5, 0.6) is 17.2 Å².